The summed E-state index contributed by atoms with van der Waals surface area (Å²) in [5.41, 5.74) is 0.877. The number of thiazole rings is 1. The van der Waals surface area contributed by atoms with Gasteiger partial charge >= 0.3 is 0 Å². The maximum absolute atomic E-state index is 14.1. The van der Waals surface area contributed by atoms with Crippen LogP contribution in [0.15, 0.2) is 60.1 Å². The van der Waals surface area contributed by atoms with E-state index in [0.717, 1.165) is 4.70 Å². The van der Waals surface area contributed by atoms with E-state index in [0.29, 0.717) is 28.2 Å². The fourth-order valence-electron chi connectivity index (χ4n) is 2.36. The Morgan fingerprint density at radius 3 is 2.75 bits per heavy atom. The molecule has 0 aliphatic carbocycles. The molecule has 0 fully saturated rings. The highest BCUT2D eigenvalue weighted by Gasteiger charge is 2.11. The number of fused-ring (bicyclic) bond motifs is 1. The van der Waals surface area contributed by atoms with Crippen LogP contribution < -0.4 is 9.54 Å². The molecule has 0 spiro atoms. The van der Waals surface area contributed by atoms with Crippen molar-refractivity contribution in [1.82, 2.24) is 4.57 Å². The second-order valence-corrected chi connectivity index (χ2v) is 6.03. The van der Waals surface area contributed by atoms with E-state index in [2.05, 4.69) is 11.6 Å². The van der Waals surface area contributed by atoms with Gasteiger partial charge in [0, 0.05) is 12.1 Å². The molecule has 0 bridgehead atoms. The second-order valence-electron chi connectivity index (χ2n) is 5.02. The minimum Gasteiger partial charge on any atom is -0.497 e. The Labute approximate surface area is 142 Å². The first-order valence-electron chi connectivity index (χ1n) is 7.26. The van der Waals surface area contributed by atoms with Crippen molar-refractivity contribution in [3.05, 3.63) is 71.3 Å². The maximum Gasteiger partial charge on any atom is 0.279 e. The van der Waals surface area contributed by atoms with Crippen molar-refractivity contribution in [1.29, 1.82) is 0 Å². The van der Waals surface area contributed by atoms with Crippen molar-refractivity contribution in [3.63, 3.8) is 0 Å². The number of para-hydroxylation sites is 1. The standard InChI is InChI=1S/C18H15FN2O2S/c1-3-11-21-16-14(19)5-4-6-15(16)24-18(21)20-17(22)12-7-9-13(23-2)10-8-12/h3-10H,1,11H2,2H3. The molecule has 3 aromatic rings. The summed E-state index contributed by atoms with van der Waals surface area (Å²) in [6, 6.07) is 11.5. The first kappa shape index (κ1) is 16.1. The summed E-state index contributed by atoms with van der Waals surface area (Å²) in [5.74, 6) is -0.0661. The van der Waals surface area contributed by atoms with Crippen LogP contribution >= 0.6 is 11.3 Å². The van der Waals surface area contributed by atoms with Gasteiger partial charge in [-0.05, 0) is 36.4 Å². The minimum absolute atomic E-state index is 0.344. The van der Waals surface area contributed by atoms with Gasteiger partial charge in [-0.2, -0.15) is 4.99 Å². The van der Waals surface area contributed by atoms with Crippen molar-refractivity contribution >= 4 is 27.5 Å². The quantitative estimate of drug-likeness (QED) is 0.677. The maximum atomic E-state index is 14.1. The molecule has 122 valence electrons. The van der Waals surface area contributed by atoms with Gasteiger partial charge in [-0.1, -0.05) is 23.5 Å². The predicted molar refractivity (Wildman–Crippen MR) is 92.9 cm³/mol. The molecular formula is C18H15FN2O2S. The summed E-state index contributed by atoms with van der Waals surface area (Å²) in [4.78, 5) is 17.0. The van der Waals surface area contributed by atoms with Crippen molar-refractivity contribution in [3.8, 4) is 5.75 Å². The van der Waals surface area contributed by atoms with E-state index in [4.69, 9.17) is 4.74 Å². The fraction of sp³-hybridized carbons (Fsp3) is 0.111. The second kappa shape index (κ2) is 6.80. The van der Waals surface area contributed by atoms with Crippen LogP contribution in [0.4, 0.5) is 4.39 Å². The van der Waals surface area contributed by atoms with Gasteiger partial charge < -0.3 is 9.30 Å². The van der Waals surface area contributed by atoms with Crippen LogP contribution in [0.2, 0.25) is 0 Å². The number of carbonyl (C=O) groups excluding carboxylic acids is 1. The molecule has 0 radical (unpaired) electrons. The van der Waals surface area contributed by atoms with E-state index in [1.54, 1.807) is 54.2 Å². The van der Waals surface area contributed by atoms with E-state index in [-0.39, 0.29) is 11.7 Å². The number of hydrogen-bond donors (Lipinski definition) is 0. The Bertz CT molecular complexity index is 971. The summed E-state index contributed by atoms with van der Waals surface area (Å²) in [7, 11) is 1.56. The van der Waals surface area contributed by atoms with Gasteiger partial charge in [0.25, 0.3) is 5.91 Å². The van der Waals surface area contributed by atoms with Gasteiger partial charge in [-0.15, -0.1) is 6.58 Å². The Hall–Kier alpha value is -2.73. The Kier molecular flexibility index (Phi) is 4.57. The highest BCUT2D eigenvalue weighted by molar-refractivity contribution is 7.16. The summed E-state index contributed by atoms with van der Waals surface area (Å²) in [6.07, 6.45) is 1.65. The molecule has 0 saturated carbocycles. The fourth-order valence-corrected chi connectivity index (χ4v) is 3.41. The van der Waals surface area contributed by atoms with Crippen LogP contribution in [-0.2, 0) is 6.54 Å². The highest BCUT2D eigenvalue weighted by atomic mass is 32.1. The van der Waals surface area contributed by atoms with Crippen LogP contribution in [-0.4, -0.2) is 17.6 Å². The van der Waals surface area contributed by atoms with Gasteiger partial charge in [0.15, 0.2) is 4.80 Å². The number of carbonyl (C=O) groups is 1. The van der Waals surface area contributed by atoms with Crippen LogP contribution in [0.1, 0.15) is 10.4 Å². The zero-order valence-corrected chi connectivity index (χ0v) is 13.8. The summed E-state index contributed by atoms with van der Waals surface area (Å²) in [5, 5.41) is 0. The van der Waals surface area contributed by atoms with E-state index >= 15 is 0 Å². The third kappa shape index (κ3) is 3.00. The van der Waals surface area contributed by atoms with E-state index in [9.17, 15) is 9.18 Å². The molecule has 2 aromatic carbocycles. The number of benzene rings is 2. The topological polar surface area (TPSA) is 43.6 Å². The molecule has 1 aromatic heterocycles. The number of halogens is 1. The molecule has 0 saturated heterocycles. The molecule has 24 heavy (non-hydrogen) atoms. The number of ether oxygens (including phenoxy) is 1. The lowest BCUT2D eigenvalue weighted by atomic mass is 10.2. The van der Waals surface area contributed by atoms with Gasteiger partial charge in [0.1, 0.15) is 11.6 Å². The zero-order chi connectivity index (χ0) is 17.1. The molecular weight excluding hydrogens is 327 g/mol. The normalized spacial score (nSPS) is 11.7. The molecule has 3 rings (SSSR count). The van der Waals surface area contributed by atoms with Crippen molar-refractivity contribution < 1.29 is 13.9 Å². The van der Waals surface area contributed by atoms with Gasteiger partial charge in [-0.25, -0.2) is 4.39 Å². The van der Waals surface area contributed by atoms with E-state index in [1.165, 1.54) is 17.4 Å². The SMILES string of the molecule is C=CCn1c(=NC(=O)c2ccc(OC)cc2)sc2cccc(F)c21. The first-order chi connectivity index (χ1) is 11.6. The van der Waals surface area contributed by atoms with Gasteiger partial charge in [0.2, 0.25) is 0 Å². The molecule has 0 aliphatic rings. The molecule has 6 heteroatoms. The Morgan fingerprint density at radius 2 is 2.08 bits per heavy atom. The smallest absolute Gasteiger partial charge is 0.279 e. The summed E-state index contributed by atoms with van der Waals surface area (Å²) in [6.45, 7) is 4.06. The number of aromatic nitrogens is 1. The average molecular weight is 342 g/mol. The van der Waals surface area contributed by atoms with Crippen molar-refractivity contribution in [2.45, 2.75) is 6.54 Å². The molecule has 0 unspecified atom stereocenters. The number of allylic oxidation sites excluding steroid dienone is 1. The number of methoxy groups -OCH3 is 1. The molecule has 0 atom stereocenters. The third-order valence-corrected chi connectivity index (χ3v) is 4.54. The van der Waals surface area contributed by atoms with Crippen molar-refractivity contribution in [2.24, 2.45) is 4.99 Å². The Balaban J connectivity index is 2.11. The van der Waals surface area contributed by atoms with Crippen molar-refractivity contribution in [2.75, 3.05) is 7.11 Å². The predicted octanol–water partition coefficient (Wildman–Crippen LogP) is 3.78. The van der Waals surface area contributed by atoms with Crippen LogP contribution in [0, 0.1) is 5.82 Å². The molecule has 4 nitrogen and oxygen atoms in total. The Morgan fingerprint density at radius 1 is 1.33 bits per heavy atom. The van der Waals surface area contributed by atoms with E-state index < -0.39 is 0 Å². The van der Waals surface area contributed by atoms with Crippen LogP contribution in [0.3, 0.4) is 0 Å². The number of amides is 1. The summed E-state index contributed by atoms with van der Waals surface area (Å²) >= 11 is 1.27. The van der Waals surface area contributed by atoms with Crippen LogP contribution in [0.5, 0.6) is 5.75 Å². The molecule has 0 aliphatic heterocycles. The lowest BCUT2D eigenvalue weighted by molar-refractivity contribution is 0.0998. The van der Waals surface area contributed by atoms with Gasteiger partial charge in [-0.3, -0.25) is 4.79 Å². The zero-order valence-electron chi connectivity index (χ0n) is 13.0. The summed E-state index contributed by atoms with van der Waals surface area (Å²) < 4.78 is 21.6. The first-order valence-corrected chi connectivity index (χ1v) is 8.07. The lowest BCUT2D eigenvalue weighted by Crippen LogP contribution is -2.16. The largest absolute Gasteiger partial charge is 0.497 e. The minimum atomic E-state index is -0.387. The number of rotatable bonds is 4. The molecule has 1 heterocycles. The monoisotopic (exact) mass is 342 g/mol. The molecule has 0 N–H and O–H groups in total. The highest BCUT2D eigenvalue weighted by Crippen LogP contribution is 2.20. The average Bonchev–Trinajstić information content (AvgIpc) is 2.94. The lowest BCUT2D eigenvalue weighted by Gasteiger charge is -2.02. The van der Waals surface area contributed by atoms with E-state index in [1.807, 2.05) is 0 Å². The molecule has 1 amide bonds. The number of nitrogens with zero attached hydrogens (tertiary/aromatic N) is 2. The van der Waals surface area contributed by atoms with Crippen LogP contribution in [0.25, 0.3) is 10.2 Å². The third-order valence-electron chi connectivity index (χ3n) is 3.50. The van der Waals surface area contributed by atoms with Gasteiger partial charge in [0.05, 0.1) is 17.3 Å². The number of hydrogen-bond acceptors (Lipinski definition) is 3.